The zero-order valence-corrected chi connectivity index (χ0v) is 10.8. The molecular weight excluding hydrogens is 236 g/mol. The standard InChI is InChI=1S/C12H20N2O4/c1-3-18-11(16)14-8-4-5-9(14)12(17,7-13-2)10(15)6-8/h8-9,13,17H,3-7H2,1-2H3/t8-,9+,12+/m0/s1. The number of nitrogens with one attached hydrogen (secondary N) is 1. The van der Waals surface area contributed by atoms with E-state index in [-0.39, 0.29) is 24.8 Å². The molecule has 0 saturated carbocycles. The van der Waals surface area contributed by atoms with E-state index in [1.807, 2.05) is 0 Å². The average molecular weight is 256 g/mol. The van der Waals surface area contributed by atoms with Crippen molar-refractivity contribution in [1.82, 2.24) is 10.2 Å². The van der Waals surface area contributed by atoms with E-state index in [1.165, 1.54) is 0 Å². The number of carbonyl (C=O) groups excluding carboxylic acids is 2. The molecule has 2 aliphatic heterocycles. The van der Waals surface area contributed by atoms with Gasteiger partial charge in [-0.2, -0.15) is 0 Å². The molecule has 0 radical (unpaired) electrons. The fraction of sp³-hybridized carbons (Fsp3) is 0.833. The van der Waals surface area contributed by atoms with Crippen molar-refractivity contribution in [2.45, 2.75) is 43.9 Å². The summed E-state index contributed by atoms with van der Waals surface area (Å²) in [7, 11) is 1.68. The van der Waals surface area contributed by atoms with Crippen LogP contribution in [0.5, 0.6) is 0 Å². The predicted molar refractivity (Wildman–Crippen MR) is 64.2 cm³/mol. The summed E-state index contributed by atoms with van der Waals surface area (Å²) in [5.74, 6) is -0.176. The van der Waals surface area contributed by atoms with Crippen molar-refractivity contribution < 1.29 is 19.4 Å². The molecule has 6 nitrogen and oxygen atoms in total. The highest BCUT2D eigenvalue weighted by Crippen LogP contribution is 2.39. The minimum absolute atomic E-state index is 0.112. The van der Waals surface area contributed by atoms with Gasteiger partial charge in [0.1, 0.15) is 0 Å². The van der Waals surface area contributed by atoms with E-state index < -0.39 is 17.7 Å². The van der Waals surface area contributed by atoms with Gasteiger partial charge in [0.25, 0.3) is 0 Å². The Morgan fingerprint density at radius 1 is 1.61 bits per heavy atom. The Balaban J connectivity index is 2.25. The van der Waals surface area contributed by atoms with Crippen LogP contribution in [0, 0.1) is 0 Å². The molecule has 1 amide bonds. The number of nitrogens with zero attached hydrogens (tertiary/aromatic N) is 1. The number of aliphatic hydroxyl groups is 1. The summed E-state index contributed by atoms with van der Waals surface area (Å²) in [6.07, 6.45) is 1.19. The highest BCUT2D eigenvalue weighted by Gasteiger charge is 2.57. The SMILES string of the molecule is CCOC(=O)N1[C@H]2CC[C@@H]1[C@](O)(CNC)C(=O)C2. The van der Waals surface area contributed by atoms with Crippen LogP contribution in [0.4, 0.5) is 4.79 Å². The third kappa shape index (κ3) is 1.89. The van der Waals surface area contributed by atoms with E-state index in [0.29, 0.717) is 13.0 Å². The maximum Gasteiger partial charge on any atom is 0.410 e. The van der Waals surface area contributed by atoms with Crippen molar-refractivity contribution in [3.05, 3.63) is 0 Å². The number of fused-ring (bicyclic) bond motifs is 2. The second-order valence-corrected chi connectivity index (χ2v) is 4.94. The smallest absolute Gasteiger partial charge is 0.410 e. The Kier molecular flexibility index (Phi) is 3.59. The predicted octanol–water partition coefficient (Wildman–Crippen LogP) is -0.101. The number of ether oxygens (including phenoxy) is 1. The molecule has 2 rings (SSSR count). The number of piperidine rings is 1. The zero-order valence-electron chi connectivity index (χ0n) is 10.8. The minimum Gasteiger partial charge on any atom is -0.450 e. The Bertz CT molecular complexity index is 360. The minimum atomic E-state index is -1.48. The summed E-state index contributed by atoms with van der Waals surface area (Å²) >= 11 is 0. The lowest BCUT2D eigenvalue weighted by molar-refractivity contribution is -0.149. The maximum atomic E-state index is 12.0. The largest absolute Gasteiger partial charge is 0.450 e. The van der Waals surface area contributed by atoms with Crippen LogP contribution in [0.15, 0.2) is 0 Å². The van der Waals surface area contributed by atoms with E-state index in [9.17, 15) is 14.7 Å². The van der Waals surface area contributed by atoms with Gasteiger partial charge in [0.05, 0.1) is 12.6 Å². The molecule has 18 heavy (non-hydrogen) atoms. The first-order valence-corrected chi connectivity index (χ1v) is 6.40. The molecule has 102 valence electrons. The third-order valence-corrected chi connectivity index (χ3v) is 3.88. The molecule has 2 saturated heterocycles. The molecule has 0 aromatic rings. The number of Topliss-reactive ketones (excluding diaryl/α,β-unsaturated/α-hetero) is 1. The van der Waals surface area contributed by atoms with E-state index in [4.69, 9.17) is 4.74 Å². The van der Waals surface area contributed by atoms with E-state index in [1.54, 1.807) is 18.9 Å². The molecule has 0 unspecified atom stereocenters. The molecule has 2 heterocycles. The molecule has 2 aliphatic rings. The number of ketones is 1. The maximum absolute atomic E-state index is 12.0. The average Bonchev–Trinajstić information content (AvgIpc) is 2.68. The second kappa shape index (κ2) is 4.85. The first kappa shape index (κ1) is 13.3. The van der Waals surface area contributed by atoms with Gasteiger partial charge in [-0.25, -0.2) is 4.79 Å². The number of carbonyl (C=O) groups is 2. The topological polar surface area (TPSA) is 78.9 Å². The van der Waals surface area contributed by atoms with Crippen LogP contribution in [-0.2, 0) is 9.53 Å². The first-order chi connectivity index (χ1) is 8.54. The first-order valence-electron chi connectivity index (χ1n) is 6.40. The van der Waals surface area contributed by atoms with Gasteiger partial charge in [0, 0.05) is 19.0 Å². The number of likely N-dealkylation sites (N-methyl/N-ethyl adjacent to an activating group) is 1. The lowest BCUT2D eigenvalue weighted by Gasteiger charge is -2.43. The fourth-order valence-corrected chi connectivity index (χ4v) is 3.09. The summed E-state index contributed by atoms with van der Waals surface area (Å²) in [6, 6.07) is -0.575. The second-order valence-electron chi connectivity index (χ2n) is 4.94. The van der Waals surface area contributed by atoms with E-state index >= 15 is 0 Å². The van der Waals surface area contributed by atoms with Gasteiger partial charge in [0.15, 0.2) is 11.4 Å². The molecule has 6 heteroatoms. The van der Waals surface area contributed by atoms with Crippen LogP contribution >= 0.6 is 0 Å². The van der Waals surface area contributed by atoms with Crippen molar-refractivity contribution in [3.8, 4) is 0 Å². The molecular formula is C12H20N2O4. The lowest BCUT2D eigenvalue weighted by atomic mass is 9.84. The third-order valence-electron chi connectivity index (χ3n) is 3.88. The van der Waals surface area contributed by atoms with Crippen LogP contribution < -0.4 is 5.32 Å². The quantitative estimate of drug-likeness (QED) is 0.737. The molecule has 2 fully saturated rings. The monoisotopic (exact) mass is 256 g/mol. The molecule has 0 aliphatic carbocycles. The van der Waals surface area contributed by atoms with Gasteiger partial charge in [-0.3, -0.25) is 9.69 Å². The number of hydrogen-bond acceptors (Lipinski definition) is 5. The van der Waals surface area contributed by atoms with Crippen LogP contribution in [0.25, 0.3) is 0 Å². The highest BCUT2D eigenvalue weighted by molar-refractivity contribution is 5.91. The Labute approximate surface area is 106 Å². The summed E-state index contributed by atoms with van der Waals surface area (Å²) in [4.78, 5) is 25.5. The van der Waals surface area contributed by atoms with Crippen molar-refractivity contribution >= 4 is 11.9 Å². The Morgan fingerprint density at radius 2 is 2.33 bits per heavy atom. The zero-order chi connectivity index (χ0) is 13.3. The number of rotatable bonds is 3. The van der Waals surface area contributed by atoms with Gasteiger partial charge in [-0.1, -0.05) is 0 Å². The van der Waals surface area contributed by atoms with E-state index in [0.717, 1.165) is 6.42 Å². The van der Waals surface area contributed by atoms with Crippen LogP contribution in [0.2, 0.25) is 0 Å². The molecule has 3 atom stereocenters. The summed E-state index contributed by atoms with van der Waals surface area (Å²) in [6.45, 7) is 2.21. The molecule has 0 aromatic carbocycles. The highest BCUT2D eigenvalue weighted by atomic mass is 16.6. The molecule has 0 aromatic heterocycles. The molecule has 0 spiro atoms. The Morgan fingerprint density at radius 3 is 2.94 bits per heavy atom. The molecule has 2 bridgehead atoms. The van der Waals surface area contributed by atoms with Gasteiger partial charge < -0.3 is 15.2 Å². The number of amides is 1. The van der Waals surface area contributed by atoms with Crippen LogP contribution in [0.1, 0.15) is 26.2 Å². The van der Waals surface area contributed by atoms with E-state index in [2.05, 4.69) is 5.32 Å². The normalized spacial score (nSPS) is 34.8. The lowest BCUT2D eigenvalue weighted by Crippen LogP contribution is -2.66. The van der Waals surface area contributed by atoms with Gasteiger partial charge in [-0.15, -0.1) is 0 Å². The van der Waals surface area contributed by atoms with Crippen molar-refractivity contribution in [2.24, 2.45) is 0 Å². The Hall–Kier alpha value is -1.14. The summed E-state index contributed by atoms with van der Waals surface area (Å²) in [5, 5.41) is 13.4. The molecule has 2 N–H and O–H groups in total. The number of hydrogen-bond donors (Lipinski definition) is 2. The van der Waals surface area contributed by atoms with Crippen LogP contribution in [0.3, 0.4) is 0 Å². The summed E-state index contributed by atoms with van der Waals surface area (Å²) in [5.41, 5.74) is -1.48. The van der Waals surface area contributed by atoms with Gasteiger partial charge in [-0.05, 0) is 26.8 Å². The van der Waals surface area contributed by atoms with Crippen molar-refractivity contribution in [2.75, 3.05) is 20.2 Å². The van der Waals surface area contributed by atoms with Crippen molar-refractivity contribution in [1.29, 1.82) is 0 Å². The summed E-state index contributed by atoms with van der Waals surface area (Å²) < 4.78 is 5.01. The van der Waals surface area contributed by atoms with Crippen molar-refractivity contribution in [3.63, 3.8) is 0 Å². The van der Waals surface area contributed by atoms with Gasteiger partial charge in [0.2, 0.25) is 0 Å². The fourth-order valence-electron chi connectivity index (χ4n) is 3.09. The van der Waals surface area contributed by atoms with Gasteiger partial charge >= 0.3 is 6.09 Å². The van der Waals surface area contributed by atoms with Crippen LogP contribution in [-0.4, -0.2) is 59.8 Å².